The van der Waals surface area contributed by atoms with Gasteiger partial charge in [0.15, 0.2) is 0 Å². The van der Waals surface area contributed by atoms with E-state index in [2.05, 4.69) is 34.6 Å². The molecule has 12 heavy (non-hydrogen) atoms. The van der Waals surface area contributed by atoms with Crippen LogP contribution in [0.1, 0.15) is 47.5 Å². The summed E-state index contributed by atoms with van der Waals surface area (Å²) < 4.78 is 0. The molecule has 1 N–H and O–H groups in total. The fourth-order valence-electron chi connectivity index (χ4n) is 1.30. The summed E-state index contributed by atoms with van der Waals surface area (Å²) in [6.07, 6.45) is 2.65. The fraction of sp³-hybridized carbons (Fsp3) is 1.00. The number of hydrogen-bond donors (Lipinski definition) is 1. The molecular weight excluding hydrogens is 148 g/mol. The first kappa shape index (κ1) is 14.5. The second-order valence-corrected chi connectivity index (χ2v) is 3.63. The van der Waals surface area contributed by atoms with Crippen molar-refractivity contribution in [2.75, 3.05) is 7.11 Å². The summed E-state index contributed by atoms with van der Waals surface area (Å²) in [5.74, 6) is 2.69. The molecule has 0 amide bonds. The molecule has 0 heterocycles. The van der Waals surface area contributed by atoms with Crippen LogP contribution in [0.3, 0.4) is 0 Å². The van der Waals surface area contributed by atoms with Gasteiger partial charge in [-0.3, -0.25) is 0 Å². The summed E-state index contributed by atoms with van der Waals surface area (Å²) in [4.78, 5) is 0. The monoisotopic (exact) mass is 174 g/mol. The van der Waals surface area contributed by atoms with Gasteiger partial charge in [0.05, 0.1) is 0 Å². The standard InChI is InChI=1S/C10H22.CH4O/c1-6-8(3)10(5)9(4)7-2;1-2/h8-10H,6-7H2,1-5H3;2H,1H3. The van der Waals surface area contributed by atoms with E-state index in [0.717, 1.165) is 24.9 Å². The highest BCUT2D eigenvalue weighted by atomic mass is 16.2. The zero-order valence-electron chi connectivity index (χ0n) is 9.59. The maximum Gasteiger partial charge on any atom is 0.0319 e. The van der Waals surface area contributed by atoms with E-state index in [1.807, 2.05) is 0 Å². The summed E-state index contributed by atoms with van der Waals surface area (Å²) in [5.41, 5.74) is 0. The summed E-state index contributed by atoms with van der Waals surface area (Å²) in [5, 5.41) is 7.00. The molecule has 0 rings (SSSR count). The molecular formula is C11H26O. The maximum atomic E-state index is 7.00. The third-order valence-corrected chi connectivity index (χ3v) is 3.08. The Bertz CT molecular complexity index is 71.1. The Balaban J connectivity index is 0. The normalized spacial score (nSPS) is 17.2. The Hall–Kier alpha value is -0.0400. The maximum absolute atomic E-state index is 7.00. The van der Waals surface area contributed by atoms with Crippen LogP contribution in [0.25, 0.3) is 0 Å². The first-order valence-electron chi connectivity index (χ1n) is 5.08. The third kappa shape index (κ3) is 5.59. The minimum atomic E-state index is 0.898. The molecule has 0 aromatic carbocycles. The van der Waals surface area contributed by atoms with Crippen LogP contribution in [-0.4, -0.2) is 12.2 Å². The first-order chi connectivity index (χ1) is 5.63. The van der Waals surface area contributed by atoms with Crippen LogP contribution >= 0.6 is 0 Å². The smallest absolute Gasteiger partial charge is 0.0319 e. The molecule has 0 spiro atoms. The van der Waals surface area contributed by atoms with Crippen molar-refractivity contribution in [1.82, 2.24) is 0 Å². The van der Waals surface area contributed by atoms with Crippen molar-refractivity contribution in [3.8, 4) is 0 Å². The van der Waals surface area contributed by atoms with E-state index in [1.165, 1.54) is 12.8 Å². The van der Waals surface area contributed by atoms with Crippen molar-refractivity contribution in [2.24, 2.45) is 17.8 Å². The van der Waals surface area contributed by atoms with E-state index in [0.29, 0.717) is 0 Å². The lowest BCUT2D eigenvalue weighted by Crippen LogP contribution is -2.14. The largest absolute Gasteiger partial charge is 0.400 e. The molecule has 0 fully saturated rings. The number of rotatable bonds is 4. The van der Waals surface area contributed by atoms with Crippen LogP contribution in [-0.2, 0) is 0 Å². The number of aliphatic hydroxyl groups is 1. The first-order valence-corrected chi connectivity index (χ1v) is 5.08. The summed E-state index contributed by atoms with van der Waals surface area (Å²) >= 11 is 0. The van der Waals surface area contributed by atoms with E-state index >= 15 is 0 Å². The van der Waals surface area contributed by atoms with Gasteiger partial charge < -0.3 is 5.11 Å². The topological polar surface area (TPSA) is 20.2 Å². The average molecular weight is 174 g/mol. The van der Waals surface area contributed by atoms with Crippen LogP contribution < -0.4 is 0 Å². The van der Waals surface area contributed by atoms with Gasteiger partial charge in [0.1, 0.15) is 0 Å². The van der Waals surface area contributed by atoms with Crippen LogP contribution in [0.15, 0.2) is 0 Å². The van der Waals surface area contributed by atoms with Crippen molar-refractivity contribution >= 4 is 0 Å². The molecule has 2 atom stereocenters. The lowest BCUT2D eigenvalue weighted by Gasteiger charge is -2.23. The molecule has 0 saturated carbocycles. The Morgan fingerprint density at radius 1 is 0.833 bits per heavy atom. The second-order valence-electron chi connectivity index (χ2n) is 3.63. The van der Waals surface area contributed by atoms with Crippen molar-refractivity contribution in [3.63, 3.8) is 0 Å². The van der Waals surface area contributed by atoms with Gasteiger partial charge in [-0.15, -0.1) is 0 Å². The van der Waals surface area contributed by atoms with Crippen molar-refractivity contribution in [1.29, 1.82) is 0 Å². The summed E-state index contributed by atoms with van der Waals surface area (Å²) in [7, 11) is 1.00. The number of hydrogen-bond acceptors (Lipinski definition) is 1. The predicted molar refractivity (Wildman–Crippen MR) is 56.2 cm³/mol. The predicted octanol–water partition coefficient (Wildman–Crippen LogP) is 3.32. The highest BCUT2D eigenvalue weighted by molar-refractivity contribution is 4.65. The van der Waals surface area contributed by atoms with Crippen molar-refractivity contribution < 1.29 is 5.11 Å². The molecule has 0 aromatic rings. The summed E-state index contributed by atoms with van der Waals surface area (Å²) in [6.45, 7) is 11.7. The molecule has 76 valence electrons. The molecule has 0 aromatic heterocycles. The molecule has 2 unspecified atom stereocenters. The lowest BCUT2D eigenvalue weighted by atomic mass is 9.82. The number of aliphatic hydroxyl groups excluding tert-OH is 1. The molecule has 1 nitrogen and oxygen atoms in total. The van der Waals surface area contributed by atoms with E-state index < -0.39 is 0 Å². The molecule has 0 aliphatic rings. The van der Waals surface area contributed by atoms with Gasteiger partial charge in [0.25, 0.3) is 0 Å². The molecule has 0 saturated heterocycles. The minimum absolute atomic E-state index is 0.898. The molecule has 1 heteroatoms. The van der Waals surface area contributed by atoms with Gasteiger partial charge in [-0.25, -0.2) is 0 Å². The molecule has 0 bridgehead atoms. The van der Waals surface area contributed by atoms with Crippen molar-refractivity contribution in [3.05, 3.63) is 0 Å². The van der Waals surface area contributed by atoms with Crippen molar-refractivity contribution in [2.45, 2.75) is 47.5 Å². The lowest BCUT2D eigenvalue weighted by molar-refractivity contribution is 0.267. The van der Waals surface area contributed by atoms with E-state index in [-0.39, 0.29) is 0 Å². The van der Waals surface area contributed by atoms with E-state index in [1.54, 1.807) is 0 Å². The molecule has 0 radical (unpaired) electrons. The Morgan fingerprint density at radius 3 is 1.25 bits per heavy atom. The zero-order chi connectivity index (χ0) is 10.1. The highest BCUT2D eigenvalue weighted by Gasteiger charge is 2.15. The summed E-state index contributed by atoms with van der Waals surface area (Å²) in [6, 6.07) is 0. The van der Waals surface area contributed by atoms with Crippen LogP contribution in [0.2, 0.25) is 0 Å². The SMILES string of the molecule is CCC(C)C(C)C(C)CC.CO. The van der Waals surface area contributed by atoms with Gasteiger partial charge >= 0.3 is 0 Å². The van der Waals surface area contributed by atoms with Crippen LogP contribution in [0, 0.1) is 17.8 Å². The van der Waals surface area contributed by atoms with Gasteiger partial charge in [-0.2, -0.15) is 0 Å². The van der Waals surface area contributed by atoms with Gasteiger partial charge in [-0.05, 0) is 17.8 Å². The van der Waals surface area contributed by atoms with Gasteiger partial charge in [0.2, 0.25) is 0 Å². The minimum Gasteiger partial charge on any atom is -0.400 e. The molecule has 0 aliphatic carbocycles. The van der Waals surface area contributed by atoms with Crippen LogP contribution in [0.5, 0.6) is 0 Å². The third-order valence-electron chi connectivity index (χ3n) is 3.08. The zero-order valence-corrected chi connectivity index (χ0v) is 9.59. The Labute approximate surface area is 78.2 Å². The average Bonchev–Trinajstić information content (AvgIpc) is 2.17. The Morgan fingerprint density at radius 2 is 1.08 bits per heavy atom. The molecule has 0 aliphatic heterocycles. The second kappa shape index (κ2) is 9.05. The fourth-order valence-corrected chi connectivity index (χ4v) is 1.30. The van der Waals surface area contributed by atoms with Crippen LogP contribution in [0.4, 0.5) is 0 Å². The quantitative estimate of drug-likeness (QED) is 0.693. The van der Waals surface area contributed by atoms with Gasteiger partial charge in [0, 0.05) is 7.11 Å². The van der Waals surface area contributed by atoms with E-state index in [4.69, 9.17) is 5.11 Å². The van der Waals surface area contributed by atoms with Gasteiger partial charge in [-0.1, -0.05) is 47.5 Å². The highest BCUT2D eigenvalue weighted by Crippen LogP contribution is 2.24. The van der Waals surface area contributed by atoms with E-state index in [9.17, 15) is 0 Å². The Kier molecular flexibility index (Phi) is 10.9.